The topological polar surface area (TPSA) is 81.5 Å². The van der Waals surface area contributed by atoms with Gasteiger partial charge in [0.1, 0.15) is 5.54 Å². The minimum atomic E-state index is -3.62. The molecule has 6 nitrogen and oxygen atoms in total. The van der Waals surface area contributed by atoms with Gasteiger partial charge in [0.2, 0.25) is 10.0 Å². The van der Waals surface area contributed by atoms with E-state index in [1.165, 1.54) is 21.3 Å². The molecule has 2 rings (SSSR count). The molecule has 7 heteroatoms. The average molecular weight is 349 g/mol. The van der Waals surface area contributed by atoms with Gasteiger partial charge in [-0.1, -0.05) is 19.9 Å². The third-order valence-electron chi connectivity index (χ3n) is 4.76. The van der Waals surface area contributed by atoms with Gasteiger partial charge in [0.25, 0.3) is 5.91 Å². The summed E-state index contributed by atoms with van der Waals surface area (Å²) in [5.74, 6) is -0.326. The molecule has 1 fully saturated rings. The zero-order valence-corrected chi connectivity index (χ0v) is 15.1. The van der Waals surface area contributed by atoms with Crippen molar-refractivity contribution in [3.8, 4) is 6.07 Å². The van der Waals surface area contributed by atoms with Crippen LogP contribution in [0, 0.1) is 11.3 Å². The Morgan fingerprint density at radius 2 is 1.92 bits per heavy atom. The van der Waals surface area contributed by atoms with Crippen molar-refractivity contribution < 1.29 is 13.2 Å². The van der Waals surface area contributed by atoms with Crippen LogP contribution in [-0.2, 0) is 10.0 Å². The Morgan fingerprint density at radius 1 is 1.29 bits per heavy atom. The number of nitriles is 1. The van der Waals surface area contributed by atoms with Crippen LogP contribution in [0.1, 0.15) is 43.5 Å². The van der Waals surface area contributed by atoms with E-state index in [0.717, 1.165) is 6.42 Å². The summed E-state index contributed by atoms with van der Waals surface area (Å²) in [7, 11) is -2.01. The van der Waals surface area contributed by atoms with Crippen LogP contribution in [0.2, 0.25) is 0 Å². The highest BCUT2D eigenvalue weighted by Crippen LogP contribution is 2.37. The first kappa shape index (κ1) is 18.4. The van der Waals surface area contributed by atoms with Gasteiger partial charge in [0, 0.05) is 25.7 Å². The Kier molecular flexibility index (Phi) is 5.31. The molecular formula is C17H23N3O3S. The second kappa shape index (κ2) is 6.91. The van der Waals surface area contributed by atoms with Crippen LogP contribution in [0.4, 0.5) is 0 Å². The van der Waals surface area contributed by atoms with E-state index in [0.29, 0.717) is 25.9 Å². The van der Waals surface area contributed by atoms with Gasteiger partial charge >= 0.3 is 0 Å². The average Bonchev–Trinajstić information content (AvgIpc) is 2.54. The number of carbonyl (C=O) groups excluding carboxylic acids is 1. The zero-order chi connectivity index (χ0) is 18.0. The summed E-state index contributed by atoms with van der Waals surface area (Å²) in [5, 5.41) is 9.38. The molecule has 1 aliphatic rings. The lowest BCUT2D eigenvalue weighted by atomic mass is 9.76. The molecule has 1 aromatic carbocycles. The molecule has 1 saturated carbocycles. The van der Waals surface area contributed by atoms with Crippen molar-refractivity contribution in [2.75, 3.05) is 20.1 Å². The molecule has 1 amide bonds. The van der Waals surface area contributed by atoms with E-state index in [2.05, 4.69) is 6.07 Å². The van der Waals surface area contributed by atoms with Crippen molar-refractivity contribution in [1.82, 2.24) is 9.21 Å². The molecule has 0 unspecified atom stereocenters. The standard InChI is InChI=1S/C17H23N3O3S/c1-4-20(5-2)24(22,23)15-9-6-8-14(12-15)16(21)19(3)17(13-18)10-7-11-17/h6,8-9,12H,4-5,7,10-11H2,1-3H3. The number of sulfonamides is 1. The highest BCUT2D eigenvalue weighted by Gasteiger charge is 2.43. The molecular weight excluding hydrogens is 326 g/mol. The predicted molar refractivity (Wildman–Crippen MR) is 90.8 cm³/mol. The van der Waals surface area contributed by atoms with Gasteiger partial charge in [-0.3, -0.25) is 4.79 Å². The fourth-order valence-electron chi connectivity index (χ4n) is 2.92. The van der Waals surface area contributed by atoms with Crippen molar-refractivity contribution in [2.24, 2.45) is 0 Å². The van der Waals surface area contributed by atoms with Gasteiger partial charge in [0.05, 0.1) is 11.0 Å². The summed E-state index contributed by atoms with van der Waals surface area (Å²) in [6, 6.07) is 8.27. The summed E-state index contributed by atoms with van der Waals surface area (Å²) in [5.41, 5.74) is -0.475. The Bertz CT molecular complexity index is 760. The number of hydrogen-bond donors (Lipinski definition) is 0. The first-order valence-electron chi connectivity index (χ1n) is 8.12. The van der Waals surface area contributed by atoms with E-state index < -0.39 is 15.6 Å². The van der Waals surface area contributed by atoms with Crippen molar-refractivity contribution in [1.29, 1.82) is 5.26 Å². The molecule has 24 heavy (non-hydrogen) atoms. The number of carbonyl (C=O) groups is 1. The van der Waals surface area contributed by atoms with Crippen LogP contribution in [0.3, 0.4) is 0 Å². The van der Waals surface area contributed by atoms with Crippen LogP contribution in [-0.4, -0.2) is 49.2 Å². The molecule has 0 heterocycles. The second-order valence-corrected chi connectivity index (χ2v) is 7.92. The largest absolute Gasteiger partial charge is 0.323 e. The normalized spacial score (nSPS) is 16.3. The molecule has 0 aliphatic heterocycles. The molecule has 0 bridgehead atoms. The summed E-state index contributed by atoms with van der Waals surface area (Å²) >= 11 is 0. The molecule has 0 saturated heterocycles. The van der Waals surface area contributed by atoms with Gasteiger partial charge in [-0.2, -0.15) is 9.57 Å². The Labute approximate surface area is 143 Å². The number of hydrogen-bond acceptors (Lipinski definition) is 4. The quantitative estimate of drug-likeness (QED) is 0.789. The summed E-state index contributed by atoms with van der Waals surface area (Å²) < 4.78 is 26.6. The van der Waals surface area contributed by atoms with Crippen LogP contribution < -0.4 is 0 Å². The van der Waals surface area contributed by atoms with E-state index in [-0.39, 0.29) is 16.4 Å². The van der Waals surface area contributed by atoms with Gasteiger partial charge in [-0.25, -0.2) is 8.42 Å². The maximum atomic E-state index is 12.7. The minimum Gasteiger partial charge on any atom is -0.323 e. The lowest BCUT2D eigenvalue weighted by Gasteiger charge is -2.42. The fourth-order valence-corrected chi connectivity index (χ4v) is 4.43. The van der Waals surface area contributed by atoms with Crippen LogP contribution in [0.15, 0.2) is 29.2 Å². The lowest BCUT2D eigenvalue weighted by Crippen LogP contribution is -2.53. The molecule has 0 spiro atoms. The highest BCUT2D eigenvalue weighted by molar-refractivity contribution is 7.89. The maximum Gasteiger partial charge on any atom is 0.254 e. The monoisotopic (exact) mass is 349 g/mol. The third kappa shape index (κ3) is 3.04. The number of amides is 1. The van der Waals surface area contributed by atoms with Gasteiger partial charge < -0.3 is 4.90 Å². The van der Waals surface area contributed by atoms with Gasteiger partial charge in [0.15, 0.2) is 0 Å². The smallest absolute Gasteiger partial charge is 0.254 e. The van der Waals surface area contributed by atoms with E-state index >= 15 is 0 Å². The van der Waals surface area contributed by atoms with Crippen LogP contribution in [0.5, 0.6) is 0 Å². The lowest BCUT2D eigenvalue weighted by molar-refractivity contribution is 0.0497. The van der Waals surface area contributed by atoms with E-state index in [1.54, 1.807) is 33.0 Å². The van der Waals surface area contributed by atoms with E-state index in [4.69, 9.17) is 0 Å². The molecule has 0 N–H and O–H groups in total. The first-order chi connectivity index (χ1) is 11.3. The SMILES string of the molecule is CCN(CC)S(=O)(=O)c1cccc(C(=O)N(C)C2(C#N)CCC2)c1. The molecule has 1 aromatic rings. The van der Waals surface area contributed by atoms with Crippen molar-refractivity contribution in [3.63, 3.8) is 0 Å². The fraction of sp³-hybridized carbons (Fsp3) is 0.529. The van der Waals surface area contributed by atoms with E-state index in [9.17, 15) is 18.5 Å². The van der Waals surface area contributed by atoms with Gasteiger partial charge in [-0.05, 0) is 37.5 Å². The van der Waals surface area contributed by atoms with Crippen molar-refractivity contribution in [3.05, 3.63) is 29.8 Å². The molecule has 0 radical (unpaired) electrons. The highest BCUT2D eigenvalue weighted by atomic mass is 32.2. The number of benzene rings is 1. The molecule has 0 aromatic heterocycles. The van der Waals surface area contributed by atoms with Crippen LogP contribution >= 0.6 is 0 Å². The minimum absolute atomic E-state index is 0.102. The zero-order valence-electron chi connectivity index (χ0n) is 14.3. The predicted octanol–water partition coefficient (Wildman–Crippen LogP) is 2.24. The molecule has 1 aliphatic carbocycles. The number of nitrogens with zero attached hydrogens (tertiary/aromatic N) is 3. The summed E-state index contributed by atoms with van der Waals surface area (Å²) in [4.78, 5) is 14.2. The van der Waals surface area contributed by atoms with E-state index in [1.807, 2.05) is 0 Å². The van der Waals surface area contributed by atoms with Crippen molar-refractivity contribution >= 4 is 15.9 Å². The van der Waals surface area contributed by atoms with Gasteiger partial charge in [-0.15, -0.1) is 0 Å². The second-order valence-electron chi connectivity index (χ2n) is 5.98. The Hall–Kier alpha value is -1.91. The van der Waals surface area contributed by atoms with Crippen LogP contribution in [0.25, 0.3) is 0 Å². The number of rotatable bonds is 6. The maximum absolute atomic E-state index is 12.7. The third-order valence-corrected chi connectivity index (χ3v) is 6.81. The summed E-state index contributed by atoms with van der Waals surface area (Å²) in [6.07, 6.45) is 2.23. The molecule has 130 valence electrons. The first-order valence-corrected chi connectivity index (χ1v) is 9.56. The van der Waals surface area contributed by atoms with Crippen molar-refractivity contribution in [2.45, 2.75) is 43.5 Å². The Balaban J connectivity index is 2.34. The summed E-state index contributed by atoms with van der Waals surface area (Å²) in [6.45, 7) is 4.29. The molecule has 0 atom stereocenters. The Morgan fingerprint density at radius 3 is 2.38 bits per heavy atom.